The van der Waals surface area contributed by atoms with Crippen molar-refractivity contribution in [3.8, 4) is 6.07 Å². The van der Waals surface area contributed by atoms with Gasteiger partial charge in [0.15, 0.2) is 0 Å². The summed E-state index contributed by atoms with van der Waals surface area (Å²) in [5.74, 6) is 2.02. The third-order valence-corrected chi connectivity index (χ3v) is 4.90. The van der Waals surface area contributed by atoms with Gasteiger partial charge in [-0.05, 0) is 20.8 Å². The predicted molar refractivity (Wildman–Crippen MR) is 103 cm³/mol. The predicted octanol–water partition coefficient (Wildman–Crippen LogP) is 2.64. The molecule has 1 saturated heterocycles. The van der Waals surface area contributed by atoms with Gasteiger partial charge >= 0.3 is 0 Å². The second-order valence-electron chi connectivity index (χ2n) is 6.49. The number of hydrogen-bond donors (Lipinski definition) is 1. The summed E-state index contributed by atoms with van der Waals surface area (Å²) in [6.45, 7) is 7.89. The van der Waals surface area contributed by atoms with Crippen LogP contribution in [0.5, 0.6) is 0 Å². The lowest BCUT2D eigenvalue weighted by atomic mass is 9.91. The van der Waals surface area contributed by atoms with Gasteiger partial charge in [-0.15, -0.1) is 0 Å². The molecule has 0 aliphatic carbocycles. The summed E-state index contributed by atoms with van der Waals surface area (Å²) >= 11 is 2.08. The highest BCUT2D eigenvalue weighted by Gasteiger charge is 2.27. The first-order valence-corrected chi connectivity index (χ1v) is 8.99. The van der Waals surface area contributed by atoms with Gasteiger partial charge in [-0.2, -0.15) is 18.2 Å². The third kappa shape index (κ3) is 3.85. The summed E-state index contributed by atoms with van der Waals surface area (Å²) in [7, 11) is 0. The summed E-state index contributed by atoms with van der Waals surface area (Å²) in [4.78, 5) is 11.4. The molecule has 8 nitrogen and oxygen atoms in total. The van der Waals surface area contributed by atoms with Gasteiger partial charge in [0.25, 0.3) is 0 Å². The number of hydrogen-bond acceptors (Lipinski definition) is 7. The summed E-state index contributed by atoms with van der Waals surface area (Å²) in [5, 5.41) is 16.8. The van der Waals surface area contributed by atoms with E-state index in [0.29, 0.717) is 24.9 Å². The van der Waals surface area contributed by atoms with E-state index in [1.807, 2.05) is 26.0 Å². The highest BCUT2D eigenvalue weighted by Crippen LogP contribution is 2.28. The average molecular weight is 453 g/mol. The average Bonchev–Trinajstić information content (AvgIpc) is 3.00. The van der Waals surface area contributed by atoms with Crippen molar-refractivity contribution in [3.63, 3.8) is 0 Å². The fraction of sp³-hybridized carbons (Fsp3) is 0.500. The lowest BCUT2D eigenvalue weighted by Crippen LogP contribution is -2.44. The normalized spacial score (nSPS) is 18.0. The maximum absolute atomic E-state index is 9.51. The van der Waals surface area contributed by atoms with Gasteiger partial charge in [0.05, 0.1) is 65.5 Å². The molecule has 0 unspecified atom stereocenters. The van der Waals surface area contributed by atoms with E-state index in [1.165, 1.54) is 0 Å². The first-order chi connectivity index (χ1) is 11.9. The van der Waals surface area contributed by atoms with Gasteiger partial charge in [0.2, 0.25) is 5.95 Å². The molecule has 0 aromatic carbocycles. The SMILES string of the molecule is C[C@@H]1COCCN1c1cc(C(C)(C)C#N)nc(Nc2ccnn2I)n1. The molecule has 1 aliphatic rings. The number of morpholine rings is 1. The molecule has 132 valence electrons. The Morgan fingerprint density at radius 1 is 1.44 bits per heavy atom. The third-order valence-electron chi connectivity index (χ3n) is 4.13. The maximum atomic E-state index is 9.51. The van der Waals surface area contributed by atoms with Crippen LogP contribution in [0, 0.1) is 11.3 Å². The Hall–Kier alpha value is -1.93. The van der Waals surface area contributed by atoms with Crippen LogP contribution < -0.4 is 10.2 Å². The second-order valence-corrected chi connectivity index (χ2v) is 7.40. The molecule has 1 aliphatic heterocycles. The molecule has 0 spiro atoms. The number of nitrogens with zero attached hydrogens (tertiary/aromatic N) is 6. The molecule has 1 fully saturated rings. The van der Waals surface area contributed by atoms with Crippen LogP contribution in [-0.4, -0.2) is 43.8 Å². The van der Waals surface area contributed by atoms with Gasteiger partial charge in [-0.25, -0.2) is 4.98 Å². The van der Waals surface area contributed by atoms with Gasteiger partial charge < -0.3 is 15.0 Å². The first-order valence-electron chi connectivity index (χ1n) is 8.03. The number of anilines is 3. The van der Waals surface area contributed by atoms with Gasteiger partial charge in [0, 0.05) is 18.7 Å². The molecule has 25 heavy (non-hydrogen) atoms. The monoisotopic (exact) mass is 453 g/mol. The first kappa shape index (κ1) is 17.9. The van der Waals surface area contributed by atoms with Crippen molar-refractivity contribution in [2.24, 2.45) is 0 Å². The Balaban J connectivity index is 2.02. The van der Waals surface area contributed by atoms with Gasteiger partial charge in [-0.3, -0.25) is 0 Å². The molecule has 2 aromatic rings. The molecule has 0 bridgehead atoms. The minimum atomic E-state index is -0.714. The number of halogens is 1. The number of ether oxygens (including phenoxy) is 1. The van der Waals surface area contributed by atoms with Crippen LogP contribution in [0.15, 0.2) is 18.3 Å². The smallest absolute Gasteiger partial charge is 0.230 e. The van der Waals surface area contributed by atoms with Crippen LogP contribution in [0.1, 0.15) is 26.5 Å². The summed E-state index contributed by atoms with van der Waals surface area (Å²) in [6, 6.07) is 6.27. The molecule has 0 radical (unpaired) electrons. The van der Waals surface area contributed by atoms with Crippen molar-refractivity contribution >= 4 is 40.4 Å². The van der Waals surface area contributed by atoms with Crippen LogP contribution in [0.2, 0.25) is 0 Å². The quantitative estimate of drug-likeness (QED) is 0.712. The van der Waals surface area contributed by atoms with Crippen LogP contribution in [0.4, 0.5) is 17.6 Å². The molecule has 1 N–H and O–H groups in total. The molecule has 0 saturated carbocycles. The van der Waals surface area contributed by atoms with E-state index in [0.717, 1.165) is 18.2 Å². The summed E-state index contributed by atoms with van der Waals surface area (Å²) in [6.07, 6.45) is 1.70. The Bertz CT molecular complexity index is 798. The fourth-order valence-electron chi connectivity index (χ4n) is 2.57. The number of nitriles is 1. The van der Waals surface area contributed by atoms with E-state index in [1.54, 1.807) is 9.09 Å². The molecule has 3 heterocycles. The zero-order valence-electron chi connectivity index (χ0n) is 14.4. The molecule has 3 rings (SSSR count). The van der Waals surface area contributed by atoms with Gasteiger partial charge in [-0.1, -0.05) is 0 Å². The molecule has 0 amide bonds. The van der Waals surface area contributed by atoms with E-state index >= 15 is 0 Å². The van der Waals surface area contributed by atoms with Crippen LogP contribution in [0.25, 0.3) is 0 Å². The molecule has 1 atom stereocenters. The summed E-state index contributed by atoms with van der Waals surface area (Å²) in [5.41, 5.74) is -0.0329. The lowest BCUT2D eigenvalue weighted by molar-refractivity contribution is 0.0985. The highest BCUT2D eigenvalue weighted by molar-refractivity contribution is 14.1. The largest absolute Gasteiger partial charge is 0.377 e. The second kappa shape index (κ2) is 7.13. The molecular formula is C16H20IN7O. The molecule has 2 aromatic heterocycles. The fourth-order valence-corrected chi connectivity index (χ4v) is 3.00. The Morgan fingerprint density at radius 2 is 2.24 bits per heavy atom. The molecular weight excluding hydrogens is 433 g/mol. The van der Waals surface area contributed by atoms with Crippen LogP contribution in [-0.2, 0) is 10.2 Å². The van der Waals surface area contributed by atoms with Gasteiger partial charge in [0.1, 0.15) is 11.6 Å². The van der Waals surface area contributed by atoms with Crippen molar-refractivity contribution < 1.29 is 4.74 Å². The summed E-state index contributed by atoms with van der Waals surface area (Å²) < 4.78 is 7.20. The number of nitrogens with one attached hydrogen (secondary N) is 1. The van der Waals surface area contributed by atoms with E-state index in [2.05, 4.69) is 61.1 Å². The van der Waals surface area contributed by atoms with E-state index < -0.39 is 5.41 Å². The van der Waals surface area contributed by atoms with Crippen molar-refractivity contribution in [3.05, 3.63) is 24.0 Å². The van der Waals surface area contributed by atoms with E-state index in [4.69, 9.17) is 4.74 Å². The van der Waals surface area contributed by atoms with E-state index in [9.17, 15) is 5.26 Å². The maximum Gasteiger partial charge on any atom is 0.230 e. The van der Waals surface area contributed by atoms with Crippen molar-refractivity contribution in [2.75, 3.05) is 30.0 Å². The van der Waals surface area contributed by atoms with Crippen molar-refractivity contribution in [1.82, 2.24) is 18.0 Å². The zero-order chi connectivity index (χ0) is 18.0. The minimum absolute atomic E-state index is 0.213. The van der Waals surface area contributed by atoms with Crippen LogP contribution in [0.3, 0.4) is 0 Å². The van der Waals surface area contributed by atoms with Crippen molar-refractivity contribution in [2.45, 2.75) is 32.2 Å². The Morgan fingerprint density at radius 3 is 2.88 bits per heavy atom. The highest BCUT2D eigenvalue weighted by atomic mass is 127. The lowest BCUT2D eigenvalue weighted by Gasteiger charge is -2.34. The topological polar surface area (TPSA) is 91.9 Å². The van der Waals surface area contributed by atoms with Crippen molar-refractivity contribution in [1.29, 1.82) is 5.26 Å². The number of rotatable bonds is 4. The Labute approximate surface area is 160 Å². The molecule has 9 heteroatoms. The standard InChI is InChI=1S/C16H20IN7O/c1-11-9-25-7-6-23(11)14-8-12(16(2,3)10-18)20-15(22-14)21-13-4-5-19-24(13)17/h4-5,8,11H,6-7,9H2,1-3H3,(H,20,21,22)/t11-/m1/s1. The Kier molecular flexibility index (Phi) is 5.10. The van der Waals surface area contributed by atoms with E-state index in [-0.39, 0.29) is 6.04 Å². The minimum Gasteiger partial charge on any atom is -0.377 e. The van der Waals surface area contributed by atoms with Crippen LogP contribution >= 0.6 is 22.9 Å². The zero-order valence-corrected chi connectivity index (χ0v) is 16.6. The number of aromatic nitrogens is 4.